The van der Waals surface area contributed by atoms with Crippen LogP contribution in [0.2, 0.25) is 0 Å². The molecule has 0 amide bonds. The second kappa shape index (κ2) is 8.34. The quantitative estimate of drug-likeness (QED) is 0.811. The van der Waals surface area contributed by atoms with E-state index in [9.17, 15) is 0 Å². The van der Waals surface area contributed by atoms with Crippen LogP contribution in [0.25, 0.3) is 0 Å². The van der Waals surface area contributed by atoms with Gasteiger partial charge in [-0.05, 0) is 70.3 Å². The number of hydrogen-bond donors (Lipinski definition) is 1. The van der Waals surface area contributed by atoms with Gasteiger partial charge in [0.25, 0.3) is 0 Å². The standard InChI is InChI=1S/C17H28N2/c1-19(14-11-16-7-3-2-4-8-16)13-6-10-17-9-5-12-18-15-17/h2-4,7-8,17-18H,5-6,9-15H2,1H3. The summed E-state index contributed by atoms with van der Waals surface area (Å²) in [7, 11) is 2.25. The molecule has 19 heavy (non-hydrogen) atoms. The number of hydrogen-bond acceptors (Lipinski definition) is 2. The van der Waals surface area contributed by atoms with Crippen LogP contribution in [0.15, 0.2) is 30.3 Å². The smallest absolute Gasteiger partial charge is 0.00188 e. The van der Waals surface area contributed by atoms with Crippen LogP contribution >= 0.6 is 0 Å². The van der Waals surface area contributed by atoms with Crippen molar-refractivity contribution in [1.82, 2.24) is 10.2 Å². The molecule has 1 heterocycles. The van der Waals surface area contributed by atoms with Crippen LogP contribution in [0.4, 0.5) is 0 Å². The van der Waals surface area contributed by atoms with Gasteiger partial charge in [-0.1, -0.05) is 30.3 Å². The lowest BCUT2D eigenvalue weighted by molar-refractivity contribution is 0.294. The molecule has 1 atom stereocenters. The van der Waals surface area contributed by atoms with Crippen molar-refractivity contribution in [2.45, 2.75) is 32.1 Å². The summed E-state index contributed by atoms with van der Waals surface area (Å²) < 4.78 is 0. The van der Waals surface area contributed by atoms with E-state index in [4.69, 9.17) is 0 Å². The van der Waals surface area contributed by atoms with E-state index in [1.807, 2.05) is 0 Å². The highest BCUT2D eigenvalue weighted by molar-refractivity contribution is 5.14. The Morgan fingerprint density at radius 2 is 2.05 bits per heavy atom. The Morgan fingerprint density at radius 3 is 2.79 bits per heavy atom. The maximum absolute atomic E-state index is 3.51. The van der Waals surface area contributed by atoms with Crippen molar-refractivity contribution in [1.29, 1.82) is 0 Å². The molecular formula is C17H28N2. The minimum absolute atomic E-state index is 0.927. The average molecular weight is 260 g/mol. The number of nitrogens with zero attached hydrogens (tertiary/aromatic N) is 1. The third-order valence-electron chi connectivity index (χ3n) is 4.18. The van der Waals surface area contributed by atoms with Crippen LogP contribution in [0.3, 0.4) is 0 Å². The molecule has 2 nitrogen and oxygen atoms in total. The first-order valence-electron chi connectivity index (χ1n) is 7.78. The SMILES string of the molecule is CN(CCCC1CCCNC1)CCc1ccccc1. The minimum atomic E-state index is 0.927. The van der Waals surface area contributed by atoms with E-state index in [1.54, 1.807) is 0 Å². The summed E-state index contributed by atoms with van der Waals surface area (Å²) in [4.78, 5) is 2.48. The number of rotatable bonds is 7. The van der Waals surface area contributed by atoms with E-state index >= 15 is 0 Å². The van der Waals surface area contributed by atoms with Crippen molar-refractivity contribution in [2.75, 3.05) is 33.2 Å². The summed E-state index contributed by atoms with van der Waals surface area (Å²) in [5, 5.41) is 3.51. The van der Waals surface area contributed by atoms with Crippen LogP contribution in [0.5, 0.6) is 0 Å². The van der Waals surface area contributed by atoms with Gasteiger partial charge in [0.1, 0.15) is 0 Å². The molecular weight excluding hydrogens is 232 g/mol. The summed E-state index contributed by atoms with van der Waals surface area (Å²) in [6.45, 7) is 4.89. The highest BCUT2D eigenvalue weighted by Gasteiger charge is 2.12. The Morgan fingerprint density at radius 1 is 1.21 bits per heavy atom. The Bertz CT molecular complexity index is 330. The average Bonchev–Trinajstić information content (AvgIpc) is 2.47. The molecule has 0 aromatic heterocycles. The van der Waals surface area contributed by atoms with Crippen molar-refractivity contribution < 1.29 is 0 Å². The fourth-order valence-corrected chi connectivity index (χ4v) is 2.90. The molecule has 0 saturated carbocycles. The van der Waals surface area contributed by atoms with Gasteiger partial charge in [-0.25, -0.2) is 0 Å². The summed E-state index contributed by atoms with van der Waals surface area (Å²) in [5.74, 6) is 0.927. The third-order valence-corrected chi connectivity index (χ3v) is 4.18. The van der Waals surface area contributed by atoms with E-state index in [1.165, 1.54) is 63.8 Å². The first kappa shape index (κ1) is 14.5. The third kappa shape index (κ3) is 5.75. The lowest BCUT2D eigenvalue weighted by atomic mass is 9.95. The highest BCUT2D eigenvalue weighted by atomic mass is 15.1. The Labute approximate surface area is 118 Å². The van der Waals surface area contributed by atoms with Gasteiger partial charge in [0.2, 0.25) is 0 Å². The van der Waals surface area contributed by atoms with Crippen molar-refractivity contribution in [2.24, 2.45) is 5.92 Å². The van der Waals surface area contributed by atoms with Gasteiger partial charge in [-0.15, -0.1) is 0 Å². The van der Waals surface area contributed by atoms with E-state index in [0.717, 1.165) is 5.92 Å². The van der Waals surface area contributed by atoms with Gasteiger partial charge >= 0.3 is 0 Å². The first-order chi connectivity index (χ1) is 9.34. The fourth-order valence-electron chi connectivity index (χ4n) is 2.90. The Balaban J connectivity index is 1.55. The van der Waals surface area contributed by atoms with Crippen LogP contribution in [0.1, 0.15) is 31.2 Å². The summed E-state index contributed by atoms with van der Waals surface area (Å²) >= 11 is 0. The second-order valence-electron chi connectivity index (χ2n) is 5.89. The van der Waals surface area contributed by atoms with Gasteiger partial charge < -0.3 is 10.2 Å². The molecule has 1 saturated heterocycles. The monoisotopic (exact) mass is 260 g/mol. The maximum atomic E-state index is 3.51. The van der Waals surface area contributed by atoms with Gasteiger partial charge in [-0.3, -0.25) is 0 Å². The van der Waals surface area contributed by atoms with Crippen molar-refractivity contribution in [3.05, 3.63) is 35.9 Å². The molecule has 0 bridgehead atoms. The predicted molar refractivity (Wildman–Crippen MR) is 82.5 cm³/mol. The molecule has 106 valence electrons. The zero-order chi connectivity index (χ0) is 13.3. The molecule has 1 unspecified atom stereocenters. The first-order valence-corrected chi connectivity index (χ1v) is 7.78. The summed E-state index contributed by atoms with van der Waals surface area (Å²) in [6.07, 6.45) is 6.71. The fraction of sp³-hybridized carbons (Fsp3) is 0.647. The van der Waals surface area contributed by atoms with Gasteiger partial charge in [-0.2, -0.15) is 0 Å². The van der Waals surface area contributed by atoms with Gasteiger partial charge in [0, 0.05) is 6.54 Å². The molecule has 1 aromatic rings. The molecule has 1 aromatic carbocycles. The van der Waals surface area contributed by atoms with Crippen LogP contribution in [0, 0.1) is 5.92 Å². The van der Waals surface area contributed by atoms with Crippen LogP contribution in [-0.4, -0.2) is 38.1 Å². The molecule has 0 radical (unpaired) electrons. The van der Waals surface area contributed by atoms with E-state index in [-0.39, 0.29) is 0 Å². The normalized spacial score (nSPS) is 19.8. The van der Waals surface area contributed by atoms with E-state index < -0.39 is 0 Å². The largest absolute Gasteiger partial charge is 0.316 e. The Kier molecular flexibility index (Phi) is 6.38. The van der Waals surface area contributed by atoms with Crippen molar-refractivity contribution >= 4 is 0 Å². The maximum Gasteiger partial charge on any atom is 0.00188 e. The topological polar surface area (TPSA) is 15.3 Å². The van der Waals surface area contributed by atoms with E-state index in [2.05, 4.69) is 47.6 Å². The molecule has 2 heteroatoms. The molecule has 1 aliphatic heterocycles. The predicted octanol–water partition coefficient (Wildman–Crippen LogP) is 2.94. The van der Waals surface area contributed by atoms with Crippen LogP contribution in [-0.2, 0) is 6.42 Å². The number of nitrogens with one attached hydrogen (secondary N) is 1. The zero-order valence-corrected chi connectivity index (χ0v) is 12.3. The molecule has 1 N–H and O–H groups in total. The lowest BCUT2D eigenvalue weighted by Gasteiger charge is -2.24. The summed E-state index contributed by atoms with van der Waals surface area (Å²) in [6, 6.07) is 10.8. The number of piperidine rings is 1. The van der Waals surface area contributed by atoms with Crippen LogP contribution < -0.4 is 5.32 Å². The highest BCUT2D eigenvalue weighted by Crippen LogP contribution is 2.15. The van der Waals surface area contributed by atoms with E-state index in [0.29, 0.717) is 0 Å². The molecule has 0 spiro atoms. The zero-order valence-electron chi connectivity index (χ0n) is 12.3. The number of likely N-dealkylation sites (N-methyl/N-ethyl adjacent to an activating group) is 1. The minimum Gasteiger partial charge on any atom is -0.316 e. The summed E-state index contributed by atoms with van der Waals surface area (Å²) in [5.41, 5.74) is 1.45. The van der Waals surface area contributed by atoms with Gasteiger partial charge in [0.05, 0.1) is 0 Å². The Hall–Kier alpha value is -0.860. The second-order valence-corrected chi connectivity index (χ2v) is 5.89. The molecule has 1 aliphatic rings. The molecule has 1 fully saturated rings. The molecule has 2 rings (SSSR count). The van der Waals surface area contributed by atoms with Gasteiger partial charge in [0.15, 0.2) is 0 Å². The van der Waals surface area contributed by atoms with Crippen molar-refractivity contribution in [3.63, 3.8) is 0 Å². The lowest BCUT2D eigenvalue weighted by Crippen LogP contribution is -2.30. The van der Waals surface area contributed by atoms with Crippen molar-refractivity contribution in [3.8, 4) is 0 Å². The molecule has 0 aliphatic carbocycles. The number of benzene rings is 1.